The summed E-state index contributed by atoms with van der Waals surface area (Å²) in [6.45, 7) is 2.69. The Balaban J connectivity index is 1.94. The van der Waals surface area contributed by atoms with Gasteiger partial charge in [-0.05, 0) is 19.1 Å². The molecule has 0 amide bonds. The lowest BCUT2D eigenvalue weighted by atomic mass is 10.3. The molecule has 18 heavy (non-hydrogen) atoms. The van der Waals surface area contributed by atoms with E-state index in [4.69, 9.17) is 0 Å². The van der Waals surface area contributed by atoms with Crippen LogP contribution in [0.4, 0.5) is 11.5 Å². The molecule has 0 aromatic carbocycles. The first kappa shape index (κ1) is 12.0. The summed E-state index contributed by atoms with van der Waals surface area (Å²) in [7, 11) is 0. The van der Waals surface area contributed by atoms with Crippen LogP contribution in [0, 0.1) is 10.1 Å². The molecule has 2 aromatic rings. The summed E-state index contributed by atoms with van der Waals surface area (Å²) in [5.74, 6) is 0.611. The zero-order valence-corrected chi connectivity index (χ0v) is 9.85. The standard InChI is InChI=1S/C11H13N5O2/c1-9(8-15-6-2-5-13-15)14-11-4-3-10(7-12-11)16(17)18/h2-7,9H,8H2,1H3,(H,12,14). The highest BCUT2D eigenvalue weighted by Crippen LogP contribution is 2.12. The molecule has 0 saturated carbocycles. The van der Waals surface area contributed by atoms with Gasteiger partial charge in [0.05, 0.1) is 11.5 Å². The second-order valence-corrected chi connectivity index (χ2v) is 3.93. The predicted octanol–water partition coefficient (Wildman–Crippen LogP) is 1.69. The van der Waals surface area contributed by atoms with Gasteiger partial charge in [0.1, 0.15) is 12.0 Å². The van der Waals surface area contributed by atoms with E-state index in [2.05, 4.69) is 15.4 Å². The van der Waals surface area contributed by atoms with Gasteiger partial charge < -0.3 is 5.32 Å². The van der Waals surface area contributed by atoms with Gasteiger partial charge in [0.15, 0.2) is 0 Å². The Kier molecular flexibility index (Phi) is 3.52. The van der Waals surface area contributed by atoms with Gasteiger partial charge in [-0.25, -0.2) is 4.98 Å². The number of nitro groups is 1. The molecule has 0 radical (unpaired) electrons. The Morgan fingerprint density at radius 1 is 1.56 bits per heavy atom. The zero-order chi connectivity index (χ0) is 13.0. The molecule has 7 heteroatoms. The molecule has 0 aliphatic carbocycles. The summed E-state index contributed by atoms with van der Waals surface area (Å²) in [4.78, 5) is 14.0. The first-order valence-electron chi connectivity index (χ1n) is 5.49. The van der Waals surface area contributed by atoms with Crippen LogP contribution in [0.1, 0.15) is 6.92 Å². The normalized spacial score (nSPS) is 12.1. The van der Waals surface area contributed by atoms with Crippen molar-refractivity contribution in [3.63, 3.8) is 0 Å². The second kappa shape index (κ2) is 5.26. The van der Waals surface area contributed by atoms with Gasteiger partial charge in [-0.2, -0.15) is 5.10 Å². The van der Waals surface area contributed by atoms with Gasteiger partial charge in [0.2, 0.25) is 0 Å². The van der Waals surface area contributed by atoms with Crippen molar-refractivity contribution in [1.82, 2.24) is 14.8 Å². The molecule has 2 rings (SSSR count). The largest absolute Gasteiger partial charge is 0.366 e. The van der Waals surface area contributed by atoms with Crippen molar-refractivity contribution < 1.29 is 4.92 Å². The van der Waals surface area contributed by atoms with E-state index in [1.807, 2.05) is 23.9 Å². The number of aromatic nitrogens is 3. The number of nitrogens with one attached hydrogen (secondary N) is 1. The number of pyridine rings is 1. The number of anilines is 1. The van der Waals surface area contributed by atoms with Gasteiger partial charge in [-0.1, -0.05) is 0 Å². The lowest BCUT2D eigenvalue weighted by Gasteiger charge is -2.14. The number of rotatable bonds is 5. The van der Waals surface area contributed by atoms with E-state index in [1.165, 1.54) is 12.3 Å². The van der Waals surface area contributed by atoms with Crippen LogP contribution in [-0.2, 0) is 6.54 Å². The maximum Gasteiger partial charge on any atom is 0.287 e. The van der Waals surface area contributed by atoms with Gasteiger partial charge in [0, 0.05) is 24.5 Å². The highest BCUT2D eigenvalue weighted by Gasteiger charge is 2.07. The molecule has 0 saturated heterocycles. The van der Waals surface area contributed by atoms with Crippen LogP contribution in [0.3, 0.4) is 0 Å². The molecule has 1 N–H and O–H groups in total. The van der Waals surface area contributed by atoms with Crippen molar-refractivity contribution >= 4 is 11.5 Å². The Hall–Kier alpha value is -2.44. The van der Waals surface area contributed by atoms with Crippen LogP contribution in [0.5, 0.6) is 0 Å². The van der Waals surface area contributed by atoms with Gasteiger partial charge in [-0.15, -0.1) is 0 Å². The summed E-state index contributed by atoms with van der Waals surface area (Å²) in [6, 6.07) is 5.00. The fourth-order valence-electron chi connectivity index (χ4n) is 1.57. The molecule has 0 fully saturated rings. The minimum atomic E-state index is -0.468. The lowest BCUT2D eigenvalue weighted by molar-refractivity contribution is -0.385. The van der Waals surface area contributed by atoms with Crippen LogP contribution in [0.15, 0.2) is 36.8 Å². The topological polar surface area (TPSA) is 85.9 Å². The van der Waals surface area contributed by atoms with Gasteiger partial charge in [-0.3, -0.25) is 14.8 Å². The highest BCUT2D eigenvalue weighted by molar-refractivity contribution is 5.40. The molecule has 0 aliphatic rings. The predicted molar refractivity (Wildman–Crippen MR) is 66.2 cm³/mol. The maximum absolute atomic E-state index is 10.5. The van der Waals surface area contributed by atoms with Crippen molar-refractivity contribution in [3.8, 4) is 0 Å². The molecule has 94 valence electrons. The van der Waals surface area contributed by atoms with Crippen molar-refractivity contribution in [2.24, 2.45) is 0 Å². The molecule has 2 aromatic heterocycles. The van der Waals surface area contributed by atoms with E-state index in [0.29, 0.717) is 12.4 Å². The number of nitrogens with zero attached hydrogens (tertiary/aromatic N) is 4. The van der Waals surface area contributed by atoms with Crippen molar-refractivity contribution in [3.05, 3.63) is 46.9 Å². The molecule has 0 aliphatic heterocycles. The smallest absolute Gasteiger partial charge is 0.287 e. The minimum Gasteiger partial charge on any atom is -0.366 e. The average molecular weight is 247 g/mol. The molecule has 1 unspecified atom stereocenters. The SMILES string of the molecule is CC(Cn1cccn1)Nc1ccc([N+](=O)[O-])cn1. The summed E-state index contributed by atoms with van der Waals surface area (Å²) >= 11 is 0. The van der Waals surface area contributed by atoms with Crippen LogP contribution >= 0.6 is 0 Å². The van der Waals surface area contributed by atoms with Gasteiger partial charge >= 0.3 is 0 Å². The van der Waals surface area contributed by atoms with Crippen molar-refractivity contribution in [2.45, 2.75) is 19.5 Å². The molecule has 0 bridgehead atoms. The summed E-state index contributed by atoms with van der Waals surface area (Å²) < 4.78 is 1.81. The Labute approximate surface area is 104 Å². The second-order valence-electron chi connectivity index (χ2n) is 3.93. The minimum absolute atomic E-state index is 0.0136. The lowest BCUT2D eigenvalue weighted by Crippen LogP contribution is -2.22. The van der Waals surface area contributed by atoms with Crippen LogP contribution in [0.2, 0.25) is 0 Å². The summed E-state index contributed by atoms with van der Waals surface area (Å²) in [5.41, 5.74) is -0.0136. The number of hydrogen-bond donors (Lipinski definition) is 1. The molecule has 1 atom stereocenters. The first-order chi connectivity index (χ1) is 8.65. The quantitative estimate of drug-likeness (QED) is 0.641. The van der Waals surface area contributed by atoms with Crippen LogP contribution < -0.4 is 5.32 Å². The van der Waals surface area contributed by atoms with E-state index in [9.17, 15) is 10.1 Å². The van der Waals surface area contributed by atoms with Crippen LogP contribution in [-0.4, -0.2) is 25.7 Å². The molecule has 2 heterocycles. The summed E-state index contributed by atoms with van der Waals surface area (Å²) in [6.07, 6.45) is 4.83. The highest BCUT2D eigenvalue weighted by atomic mass is 16.6. The molecule has 7 nitrogen and oxygen atoms in total. The molecular weight excluding hydrogens is 234 g/mol. The third-order valence-electron chi connectivity index (χ3n) is 2.37. The van der Waals surface area contributed by atoms with Gasteiger partial charge in [0.25, 0.3) is 5.69 Å². The monoisotopic (exact) mass is 247 g/mol. The Bertz CT molecular complexity index is 509. The van der Waals surface area contributed by atoms with E-state index >= 15 is 0 Å². The van der Waals surface area contributed by atoms with Crippen molar-refractivity contribution in [1.29, 1.82) is 0 Å². The molecular formula is C11H13N5O2. The Morgan fingerprint density at radius 2 is 2.39 bits per heavy atom. The maximum atomic E-state index is 10.5. The Morgan fingerprint density at radius 3 is 2.94 bits per heavy atom. The zero-order valence-electron chi connectivity index (χ0n) is 9.85. The fourth-order valence-corrected chi connectivity index (χ4v) is 1.57. The van der Waals surface area contributed by atoms with E-state index in [1.54, 1.807) is 12.3 Å². The van der Waals surface area contributed by atoms with E-state index < -0.39 is 4.92 Å². The van der Waals surface area contributed by atoms with Crippen molar-refractivity contribution in [2.75, 3.05) is 5.32 Å². The van der Waals surface area contributed by atoms with E-state index in [-0.39, 0.29) is 11.7 Å². The summed E-state index contributed by atoms with van der Waals surface area (Å²) in [5, 5.41) is 17.7. The first-order valence-corrected chi connectivity index (χ1v) is 5.49. The third kappa shape index (κ3) is 3.03. The molecule has 0 spiro atoms. The average Bonchev–Trinajstić information content (AvgIpc) is 2.82. The fraction of sp³-hybridized carbons (Fsp3) is 0.273. The van der Waals surface area contributed by atoms with E-state index in [0.717, 1.165) is 0 Å². The third-order valence-corrected chi connectivity index (χ3v) is 2.37. The van der Waals surface area contributed by atoms with Crippen LogP contribution in [0.25, 0.3) is 0 Å². The number of hydrogen-bond acceptors (Lipinski definition) is 5.